The summed E-state index contributed by atoms with van der Waals surface area (Å²) in [6.07, 6.45) is 0.327. The quantitative estimate of drug-likeness (QED) is 0.866. The molecule has 0 amide bonds. The Bertz CT molecular complexity index is 701. The van der Waals surface area contributed by atoms with E-state index >= 15 is 0 Å². The summed E-state index contributed by atoms with van der Waals surface area (Å²) in [7, 11) is 1.42. The molecule has 0 aromatic heterocycles. The molecule has 3 rings (SSSR count). The molecular formula is C17H16N2O2S. The monoisotopic (exact) mass is 312 g/mol. The van der Waals surface area contributed by atoms with Crippen molar-refractivity contribution in [3.05, 3.63) is 60.2 Å². The van der Waals surface area contributed by atoms with Gasteiger partial charge in [0, 0.05) is 10.9 Å². The van der Waals surface area contributed by atoms with E-state index in [1.165, 1.54) is 7.11 Å². The van der Waals surface area contributed by atoms with Crippen LogP contribution in [0.25, 0.3) is 0 Å². The maximum absolute atomic E-state index is 11.7. The lowest BCUT2D eigenvalue weighted by atomic mass is 10.1. The highest BCUT2D eigenvalue weighted by Gasteiger charge is 2.26. The second kappa shape index (κ2) is 6.66. The number of ether oxygens (including phenoxy) is 1. The number of methoxy groups -OCH3 is 1. The van der Waals surface area contributed by atoms with Crippen LogP contribution in [0.15, 0.2) is 59.6 Å². The molecule has 5 heteroatoms. The number of benzene rings is 2. The first-order valence-corrected chi connectivity index (χ1v) is 7.87. The Kier molecular flexibility index (Phi) is 4.44. The molecule has 1 aliphatic rings. The fourth-order valence-corrected chi connectivity index (χ4v) is 3.43. The molecule has 1 unspecified atom stereocenters. The van der Waals surface area contributed by atoms with Crippen molar-refractivity contribution >= 4 is 34.3 Å². The molecule has 2 aromatic carbocycles. The molecule has 1 heterocycles. The number of carbonyl (C=O) groups excluding carboxylic acids is 1. The van der Waals surface area contributed by atoms with Gasteiger partial charge in [-0.15, -0.1) is 0 Å². The molecule has 0 aliphatic carbocycles. The Morgan fingerprint density at radius 1 is 1.18 bits per heavy atom. The summed E-state index contributed by atoms with van der Waals surface area (Å²) in [5, 5.41) is 4.10. The van der Waals surface area contributed by atoms with Gasteiger partial charge >= 0.3 is 5.97 Å². The molecule has 112 valence electrons. The maximum Gasteiger partial charge on any atom is 0.306 e. The van der Waals surface area contributed by atoms with Gasteiger partial charge in [-0.2, -0.15) is 0 Å². The Balaban J connectivity index is 1.87. The number of hydrogen-bond acceptors (Lipinski definition) is 5. The first kappa shape index (κ1) is 14.7. The van der Waals surface area contributed by atoms with E-state index in [0.717, 1.165) is 22.1 Å². The molecule has 0 saturated carbocycles. The molecule has 1 atom stereocenters. The van der Waals surface area contributed by atoms with Gasteiger partial charge in [0.2, 0.25) is 0 Å². The van der Waals surface area contributed by atoms with Crippen molar-refractivity contribution in [3.8, 4) is 0 Å². The molecule has 4 nitrogen and oxygen atoms in total. The summed E-state index contributed by atoms with van der Waals surface area (Å²) in [6.45, 7) is 0. The van der Waals surface area contributed by atoms with Gasteiger partial charge in [-0.05, 0) is 23.8 Å². The van der Waals surface area contributed by atoms with E-state index in [4.69, 9.17) is 4.74 Å². The zero-order valence-electron chi connectivity index (χ0n) is 12.2. The Hall–Kier alpha value is -2.27. The lowest BCUT2D eigenvalue weighted by Gasteiger charge is -2.24. The van der Waals surface area contributed by atoms with Crippen molar-refractivity contribution in [1.82, 2.24) is 0 Å². The lowest BCUT2D eigenvalue weighted by molar-refractivity contribution is -0.140. The van der Waals surface area contributed by atoms with Crippen molar-refractivity contribution in [2.45, 2.75) is 11.7 Å². The third-order valence-corrected chi connectivity index (χ3v) is 4.49. The number of esters is 1. The predicted octanol–water partition coefficient (Wildman–Crippen LogP) is 4.14. The average Bonchev–Trinajstić information content (AvgIpc) is 2.55. The smallest absolute Gasteiger partial charge is 0.306 e. The third-order valence-electron chi connectivity index (χ3n) is 3.36. The van der Waals surface area contributed by atoms with E-state index < -0.39 is 0 Å². The van der Waals surface area contributed by atoms with E-state index in [1.807, 2.05) is 54.6 Å². The van der Waals surface area contributed by atoms with Gasteiger partial charge in [0.05, 0.1) is 19.2 Å². The molecular weight excluding hydrogens is 296 g/mol. The molecule has 0 saturated heterocycles. The molecule has 0 spiro atoms. The minimum atomic E-state index is -0.215. The fraction of sp³-hybridized carbons (Fsp3) is 0.176. The Labute approximate surface area is 133 Å². The highest BCUT2D eigenvalue weighted by Crippen LogP contribution is 2.43. The number of amidine groups is 1. The lowest BCUT2D eigenvalue weighted by Crippen LogP contribution is -2.16. The van der Waals surface area contributed by atoms with E-state index in [2.05, 4.69) is 10.3 Å². The molecule has 0 bridgehead atoms. The number of aliphatic imine (C=N–C) groups is 1. The summed E-state index contributed by atoms with van der Waals surface area (Å²) in [5.41, 5.74) is 2.94. The molecule has 1 N–H and O–H groups in total. The highest BCUT2D eigenvalue weighted by molar-refractivity contribution is 8.14. The predicted molar refractivity (Wildman–Crippen MR) is 90.6 cm³/mol. The van der Waals surface area contributed by atoms with Crippen molar-refractivity contribution < 1.29 is 9.53 Å². The van der Waals surface area contributed by atoms with Gasteiger partial charge in [-0.3, -0.25) is 4.79 Å². The van der Waals surface area contributed by atoms with Crippen molar-refractivity contribution in [2.75, 3.05) is 12.4 Å². The minimum Gasteiger partial charge on any atom is -0.469 e. The number of hydrogen-bond donors (Lipinski definition) is 1. The summed E-state index contributed by atoms with van der Waals surface area (Å²) in [6, 6.07) is 17.8. The van der Waals surface area contributed by atoms with Crippen LogP contribution in [0.3, 0.4) is 0 Å². The number of rotatable bonds is 3. The maximum atomic E-state index is 11.7. The van der Waals surface area contributed by atoms with Crippen molar-refractivity contribution in [3.63, 3.8) is 0 Å². The number of thioether (sulfide) groups is 1. The summed E-state index contributed by atoms with van der Waals surface area (Å²) < 4.78 is 4.81. The van der Waals surface area contributed by atoms with Gasteiger partial charge in [-0.25, -0.2) is 4.99 Å². The van der Waals surface area contributed by atoms with Crippen LogP contribution in [0.5, 0.6) is 0 Å². The Morgan fingerprint density at radius 2 is 1.91 bits per heavy atom. The molecule has 2 aromatic rings. The molecule has 0 radical (unpaired) electrons. The summed E-state index contributed by atoms with van der Waals surface area (Å²) in [5.74, 6) is -0.215. The van der Waals surface area contributed by atoms with Gasteiger partial charge in [-0.1, -0.05) is 48.2 Å². The fourth-order valence-electron chi connectivity index (χ4n) is 2.28. The number of nitrogens with zero attached hydrogens (tertiary/aromatic N) is 1. The van der Waals surface area contributed by atoms with Crippen LogP contribution in [0, 0.1) is 0 Å². The third kappa shape index (κ3) is 3.31. The SMILES string of the molecule is COC(=O)CC1SC(Nc2ccccc2)=Nc2ccccc21. The van der Waals surface area contributed by atoms with Crippen LogP contribution in [0.4, 0.5) is 11.4 Å². The van der Waals surface area contributed by atoms with Crippen molar-refractivity contribution in [1.29, 1.82) is 0 Å². The normalized spacial score (nSPS) is 16.4. The minimum absolute atomic E-state index is 0.00682. The standard InChI is InChI=1S/C17H16N2O2S/c1-21-16(20)11-15-13-9-5-6-10-14(13)19-17(22-15)18-12-7-3-2-4-8-12/h2-10,15H,11H2,1H3,(H,18,19). The topological polar surface area (TPSA) is 50.7 Å². The van der Waals surface area contributed by atoms with E-state index in [0.29, 0.717) is 6.42 Å². The summed E-state index contributed by atoms with van der Waals surface area (Å²) >= 11 is 1.55. The first-order valence-electron chi connectivity index (χ1n) is 6.99. The average molecular weight is 312 g/mol. The number of nitrogens with one attached hydrogen (secondary N) is 1. The largest absolute Gasteiger partial charge is 0.469 e. The zero-order valence-corrected chi connectivity index (χ0v) is 13.0. The molecule has 1 aliphatic heterocycles. The van der Waals surface area contributed by atoms with Crippen LogP contribution in [-0.2, 0) is 9.53 Å². The summed E-state index contributed by atoms with van der Waals surface area (Å²) in [4.78, 5) is 16.3. The molecule has 22 heavy (non-hydrogen) atoms. The second-order valence-electron chi connectivity index (χ2n) is 4.85. The van der Waals surface area contributed by atoms with Gasteiger partial charge in [0.25, 0.3) is 0 Å². The van der Waals surface area contributed by atoms with E-state index in [1.54, 1.807) is 11.8 Å². The van der Waals surface area contributed by atoms with Crippen LogP contribution >= 0.6 is 11.8 Å². The van der Waals surface area contributed by atoms with E-state index in [-0.39, 0.29) is 11.2 Å². The Morgan fingerprint density at radius 3 is 2.68 bits per heavy atom. The molecule has 0 fully saturated rings. The van der Waals surface area contributed by atoms with Crippen LogP contribution in [0.1, 0.15) is 17.2 Å². The number of carbonyl (C=O) groups is 1. The van der Waals surface area contributed by atoms with Crippen LogP contribution in [0.2, 0.25) is 0 Å². The number of fused-ring (bicyclic) bond motifs is 1. The highest BCUT2D eigenvalue weighted by atomic mass is 32.2. The number of anilines is 1. The first-order chi connectivity index (χ1) is 10.8. The van der Waals surface area contributed by atoms with Crippen molar-refractivity contribution in [2.24, 2.45) is 4.99 Å². The van der Waals surface area contributed by atoms with Crippen LogP contribution in [-0.4, -0.2) is 18.2 Å². The van der Waals surface area contributed by atoms with Gasteiger partial charge in [0.15, 0.2) is 5.17 Å². The second-order valence-corrected chi connectivity index (χ2v) is 6.04. The number of para-hydroxylation sites is 2. The van der Waals surface area contributed by atoms with Crippen LogP contribution < -0.4 is 5.32 Å². The van der Waals surface area contributed by atoms with Gasteiger partial charge < -0.3 is 10.1 Å². The zero-order chi connectivity index (χ0) is 15.4. The van der Waals surface area contributed by atoms with Gasteiger partial charge in [0.1, 0.15) is 0 Å². The van der Waals surface area contributed by atoms with E-state index in [9.17, 15) is 4.79 Å².